The Morgan fingerprint density at radius 3 is 2.58 bits per heavy atom. The molecule has 3 rings (SSSR count). The van der Waals surface area contributed by atoms with Crippen molar-refractivity contribution in [1.29, 1.82) is 0 Å². The first kappa shape index (κ1) is 18.4. The molecule has 2 amide bonds. The number of likely N-dealkylation sites (N-methyl/N-ethyl adjacent to an activating group) is 1. The molecule has 7 heteroatoms. The van der Waals surface area contributed by atoms with E-state index in [9.17, 15) is 9.59 Å². The minimum absolute atomic E-state index is 0.0387. The van der Waals surface area contributed by atoms with E-state index >= 15 is 0 Å². The van der Waals surface area contributed by atoms with Crippen LogP contribution in [0.2, 0.25) is 0 Å². The number of rotatable bonds is 2. The minimum Gasteiger partial charge on any atom is -0.486 e. The number of ether oxygens (including phenoxy) is 3. The van der Waals surface area contributed by atoms with Gasteiger partial charge in [-0.15, -0.1) is 0 Å². The zero-order valence-electron chi connectivity index (χ0n) is 15.8. The smallest absolute Gasteiger partial charge is 0.410 e. The van der Waals surface area contributed by atoms with Gasteiger partial charge in [-0.2, -0.15) is 0 Å². The van der Waals surface area contributed by atoms with Gasteiger partial charge in [0.15, 0.2) is 11.5 Å². The molecule has 0 bridgehead atoms. The summed E-state index contributed by atoms with van der Waals surface area (Å²) in [5, 5.41) is 0. The van der Waals surface area contributed by atoms with Crippen LogP contribution < -0.4 is 9.47 Å². The zero-order valence-corrected chi connectivity index (χ0v) is 15.8. The normalized spacial score (nSPS) is 19.2. The third kappa shape index (κ3) is 4.03. The van der Waals surface area contributed by atoms with Gasteiger partial charge in [0.25, 0.3) is 5.91 Å². The van der Waals surface area contributed by atoms with Gasteiger partial charge in [-0.05, 0) is 45.4 Å². The van der Waals surface area contributed by atoms with Crippen LogP contribution in [-0.4, -0.2) is 66.8 Å². The molecule has 0 N–H and O–H groups in total. The van der Waals surface area contributed by atoms with Crippen molar-refractivity contribution < 1.29 is 23.8 Å². The molecule has 1 fully saturated rings. The maximum Gasteiger partial charge on any atom is 0.410 e. The largest absolute Gasteiger partial charge is 0.486 e. The third-order valence-electron chi connectivity index (χ3n) is 4.47. The van der Waals surface area contributed by atoms with Gasteiger partial charge in [0.2, 0.25) is 0 Å². The van der Waals surface area contributed by atoms with E-state index in [1.165, 1.54) is 0 Å². The van der Waals surface area contributed by atoms with Crippen molar-refractivity contribution in [1.82, 2.24) is 9.80 Å². The standard InChI is InChI=1S/C19H26N2O5/c1-19(2,3)26-18(23)21-8-7-14(12-21)20(4)17(22)13-5-6-15-16(11-13)25-10-9-24-15/h5-6,11,14H,7-10,12H2,1-4H3/t14-/m0/s1. The van der Waals surface area contributed by atoms with E-state index in [4.69, 9.17) is 14.2 Å². The summed E-state index contributed by atoms with van der Waals surface area (Å²) in [4.78, 5) is 28.4. The number of hydrogen-bond donors (Lipinski definition) is 0. The molecule has 7 nitrogen and oxygen atoms in total. The highest BCUT2D eigenvalue weighted by molar-refractivity contribution is 5.95. The van der Waals surface area contributed by atoms with Gasteiger partial charge < -0.3 is 24.0 Å². The van der Waals surface area contributed by atoms with Crippen LogP contribution in [0.4, 0.5) is 4.79 Å². The summed E-state index contributed by atoms with van der Waals surface area (Å²) in [6, 6.07) is 5.18. The van der Waals surface area contributed by atoms with Gasteiger partial charge in [0, 0.05) is 25.7 Å². The summed E-state index contributed by atoms with van der Waals surface area (Å²) in [5.41, 5.74) is 0.0229. The van der Waals surface area contributed by atoms with Gasteiger partial charge >= 0.3 is 6.09 Å². The number of likely N-dealkylation sites (tertiary alicyclic amines) is 1. The number of carbonyl (C=O) groups is 2. The maximum atomic E-state index is 12.8. The molecule has 1 atom stereocenters. The number of fused-ring (bicyclic) bond motifs is 1. The Balaban J connectivity index is 1.63. The molecule has 0 radical (unpaired) electrons. The first-order valence-electron chi connectivity index (χ1n) is 8.89. The number of nitrogens with zero attached hydrogens (tertiary/aromatic N) is 2. The summed E-state index contributed by atoms with van der Waals surface area (Å²) in [6.07, 6.45) is 0.395. The highest BCUT2D eigenvalue weighted by atomic mass is 16.6. The second-order valence-corrected chi connectivity index (χ2v) is 7.64. The molecule has 0 unspecified atom stereocenters. The van der Waals surface area contributed by atoms with Crippen LogP contribution in [0.25, 0.3) is 0 Å². The second kappa shape index (κ2) is 7.05. The van der Waals surface area contributed by atoms with Crippen LogP contribution >= 0.6 is 0 Å². The molecule has 0 spiro atoms. The van der Waals surface area contributed by atoms with Crippen LogP contribution in [0.3, 0.4) is 0 Å². The molecular weight excluding hydrogens is 336 g/mol. The van der Waals surface area contributed by atoms with Crippen LogP contribution in [0.5, 0.6) is 11.5 Å². The fourth-order valence-electron chi connectivity index (χ4n) is 3.10. The van der Waals surface area contributed by atoms with Gasteiger partial charge in [0.05, 0.1) is 6.04 Å². The van der Waals surface area contributed by atoms with Crippen molar-refractivity contribution in [2.24, 2.45) is 0 Å². The molecule has 1 aromatic rings. The van der Waals surface area contributed by atoms with Crippen LogP contribution in [0.15, 0.2) is 18.2 Å². The van der Waals surface area contributed by atoms with Gasteiger partial charge in [-0.1, -0.05) is 0 Å². The van der Waals surface area contributed by atoms with E-state index in [-0.39, 0.29) is 18.0 Å². The lowest BCUT2D eigenvalue weighted by Gasteiger charge is -2.27. The number of carbonyl (C=O) groups excluding carboxylic acids is 2. The van der Waals surface area contributed by atoms with E-state index in [2.05, 4.69) is 0 Å². The van der Waals surface area contributed by atoms with Gasteiger partial charge in [-0.3, -0.25) is 4.79 Å². The number of amides is 2. The predicted molar refractivity (Wildman–Crippen MR) is 95.7 cm³/mol. The summed E-state index contributed by atoms with van der Waals surface area (Å²) in [5.74, 6) is 1.16. The Morgan fingerprint density at radius 1 is 1.19 bits per heavy atom. The number of benzene rings is 1. The molecule has 1 aromatic carbocycles. The molecular formula is C19H26N2O5. The maximum absolute atomic E-state index is 12.8. The van der Waals surface area contributed by atoms with Crippen LogP contribution in [0.1, 0.15) is 37.6 Å². The summed E-state index contributed by atoms with van der Waals surface area (Å²) >= 11 is 0. The summed E-state index contributed by atoms with van der Waals surface area (Å²) < 4.78 is 16.5. The van der Waals surface area contributed by atoms with Crippen molar-refractivity contribution in [3.63, 3.8) is 0 Å². The average molecular weight is 362 g/mol. The molecule has 0 aromatic heterocycles. The molecule has 2 aliphatic heterocycles. The topological polar surface area (TPSA) is 68.3 Å². The Morgan fingerprint density at radius 2 is 1.88 bits per heavy atom. The van der Waals surface area contributed by atoms with Crippen molar-refractivity contribution >= 4 is 12.0 Å². The van der Waals surface area contributed by atoms with Crippen molar-refractivity contribution in [2.45, 2.75) is 38.8 Å². The predicted octanol–water partition coefficient (Wildman–Crippen LogP) is 2.54. The Bertz CT molecular complexity index is 698. The third-order valence-corrected chi connectivity index (χ3v) is 4.47. The van der Waals surface area contributed by atoms with Gasteiger partial charge in [-0.25, -0.2) is 4.79 Å². The second-order valence-electron chi connectivity index (χ2n) is 7.64. The molecule has 0 saturated carbocycles. The SMILES string of the molecule is CN(C(=O)c1ccc2c(c1)OCCO2)[C@H]1CCN(C(=O)OC(C)(C)C)C1. The fraction of sp³-hybridized carbons (Fsp3) is 0.579. The molecule has 2 heterocycles. The van der Waals surface area contributed by atoms with E-state index in [1.807, 2.05) is 20.8 Å². The monoisotopic (exact) mass is 362 g/mol. The average Bonchev–Trinajstić information content (AvgIpc) is 3.09. The van der Waals surface area contributed by atoms with Crippen molar-refractivity contribution in [2.75, 3.05) is 33.4 Å². The van der Waals surface area contributed by atoms with Gasteiger partial charge in [0.1, 0.15) is 18.8 Å². The molecule has 142 valence electrons. The minimum atomic E-state index is -0.526. The lowest BCUT2D eigenvalue weighted by atomic mass is 10.1. The highest BCUT2D eigenvalue weighted by Gasteiger charge is 2.33. The lowest BCUT2D eigenvalue weighted by molar-refractivity contribution is 0.0279. The summed E-state index contributed by atoms with van der Waals surface area (Å²) in [7, 11) is 1.77. The summed E-state index contributed by atoms with van der Waals surface area (Å²) in [6.45, 7) is 7.58. The highest BCUT2D eigenvalue weighted by Crippen LogP contribution is 2.31. The van der Waals surface area contributed by atoms with Crippen molar-refractivity contribution in [3.8, 4) is 11.5 Å². The Kier molecular flexibility index (Phi) is 4.98. The lowest BCUT2D eigenvalue weighted by Crippen LogP contribution is -2.41. The van der Waals surface area contributed by atoms with E-state index in [0.29, 0.717) is 43.4 Å². The first-order valence-corrected chi connectivity index (χ1v) is 8.89. The van der Waals surface area contributed by atoms with Crippen molar-refractivity contribution in [3.05, 3.63) is 23.8 Å². The zero-order chi connectivity index (χ0) is 18.9. The molecule has 2 aliphatic rings. The van der Waals surface area contributed by atoms with E-state index in [0.717, 1.165) is 6.42 Å². The first-order chi connectivity index (χ1) is 12.2. The fourth-order valence-corrected chi connectivity index (χ4v) is 3.10. The van der Waals surface area contributed by atoms with E-state index < -0.39 is 5.60 Å². The quantitative estimate of drug-likeness (QED) is 0.809. The Hall–Kier alpha value is -2.44. The van der Waals surface area contributed by atoms with Crippen LogP contribution in [0, 0.1) is 0 Å². The molecule has 1 saturated heterocycles. The van der Waals surface area contributed by atoms with E-state index in [1.54, 1.807) is 35.0 Å². The molecule has 26 heavy (non-hydrogen) atoms. The Labute approximate surface area is 153 Å². The van der Waals surface area contributed by atoms with Crippen LogP contribution in [-0.2, 0) is 4.74 Å². The molecule has 0 aliphatic carbocycles. The number of hydrogen-bond acceptors (Lipinski definition) is 5.